The van der Waals surface area contributed by atoms with Crippen LogP contribution in [0.5, 0.6) is 0 Å². The Morgan fingerprint density at radius 2 is 2.17 bits per heavy atom. The molecule has 1 fully saturated rings. The van der Waals surface area contributed by atoms with Crippen molar-refractivity contribution in [3.63, 3.8) is 0 Å². The summed E-state index contributed by atoms with van der Waals surface area (Å²) in [5.41, 5.74) is -0.539. The Kier molecular flexibility index (Phi) is 5.10. The van der Waals surface area contributed by atoms with Crippen LogP contribution in [0.1, 0.15) is 26.7 Å². The molecular weight excluding hydrogens is 238 g/mol. The lowest BCUT2D eigenvalue weighted by atomic mass is 10.0. The fraction of sp³-hybridized carbons (Fsp3) is 0.833. The van der Waals surface area contributed by atoms with E-state index >= 15 is 0 Å². The van der Waals surface area contributed by atoms with Gasteiger partial charge >= 0.3 is 5.97 Å². The van der Waals surface area contributed by atoms with E-state index in [0.29, 0.717) is 13.2 Å². The smallest absolute Gasteiger partial charge is 0.305 e. The second-order valence-corrected chi connectivity index (χ2v) is 5.05. The monoisotopic (exact) mass is 259 g/mol. The molecule has 6 nitrogen and oxygen atoms in total. The number of hydrogen-bond acceptors (Lipinski definition) is 4. The molecule has 0 radical (unpaired) electrons. The van der Waals surface area contributed by atoms with Gasteiger partial charge in [-0.15, -0.1) is 0 Å². The predicted molar refractivity (Wildman–Crippen MR) is 64.3 cm³/mol. The SMILES string of the molecule is COC(C)(C)CC(=O)N1CCOCC1CC(=O)O. The van der Waals surface area contributed by atoms with Gasteiger partial charge in [0, 0.05) is 13.7 Å². The molecule has 0 bridgehead atoms. The topological polar surface area (TPSA) is 76.1 Å². The number of hydrogen-bond donors (Lipinski definition) is 1. The first kappa shape index (κ1) is 14.9. The molecular formula is C12H21NO5. The van der Waals surface area contributed by atoms with E-state index in [9.17, 15) is 9.59 Å². The Balaban J connectivity index is 2.65. The van der Waals surface area contributed by atoms with Gasteiger partial charge in [-0.2, -0.15) is 0 Å². The number of methoxy groups -OCH3 is 1. The quantitative estimate of drug-likeness (QED) is 0.778. The molecule has 1 atom stereocenters. The van der Waals surface area contributed by atoms with E-state index in [4.69, 9.17) is 14.6 Å². The number of rotatable bonds is 5. The zero-order valence-electron chi connectivity index (χ0n) is 11.1. The molecule has 6 heteroatoms. The maximum Gasteiger partial charge on any atom is 0.305 e. The van der Waals surface area contributed by atoms with Crippen LogP contribution in [0.4, 0.5) is 0 Å². The summed E-state index contributed by atoms with van der Waals surface area (Å²) in [5, 5.41) is 8.83. The summed E-state index contributed by atoms with van der Waals surface area (Å²) in [7, 11) is 1.56. The Morgan fingerprint density at radius 1 is 1.50 bits per heavy atom. The van der Waals surface area contributed by atoms with Gasteiger partial charge in [-0.05, 0) is 13.8 Å². The number of amides is 1. The lowest BCUT2D eigenvalue weighted by Crippen LogP contribution is -2.51. The highest BCUT2D eigenvalue weighted by Crippen LogP contribution is 2.18. The van der Waals surface area contributed by atoms with Crippen molar-refractivity contribution < 1.29 is 24.2 Å². The highest BCUT2D eigenvalue weighted by atomic mass is 16.5. The molecule has 1 unspecified atom stereocenters. The minimum Gasteiger partial charge on any atom is -0.481 e. The third-order valence-corrected chi connectivity index (χ3v) is 3.09. The van der Waals surface area contributed by atoms with Crippen LogP contribution in [-0.2, 0) is 19.1 Å². The first-order valence-corrected chi connectivity index (χ1v) is 6.00. The molecule has 0 spiro atoms. The average molecular weight is 259 g/mol. The van der Waals surface area contributed by atoms with E-state index in [0.717, 1.165) is 0 Å². The third-order valence-electron chi connectivity index (χ3n) is 3.09. The van der Waals surface area contributed by atoms with Crippen LogP contribution in [0, 0.1) is 0 Å². The highest BCUT2D eigenvalue weighted by Gasteiger charge is 2.32. The van der Waals surface area contributed by atoms with Crippen molar-refractivity contribution in [2.75, 3.05) is 26.9 Å². The maximum absolute atomic E-state index is 12.2. The summed E-state index contributed by atoms with van der Waals surface area (Å²) in [5.74, 6) is -1.01. The van der Waals surface area contributed by atoms with E-state index in [1.54, 1.807) is 12.0 Å². The van der Waals surface area contributed by atoms with Gasteiger partial charge in [0.25, 0.3) is 0 Å². The third kappa shape index (κ3) is 4.27. The van der Waals surface area contributed by atoms with Crippen LogP contribution in [0.3, 0.4) is 0 Å². The highest BCUT2D eigenvalue weighted by molar-refractivity contribution is 5.78. The molecule has 0 saturated carbocycles. The van der Waals surface area contributed by atoms with Crippen molar-refractivity contribution in [2.45, 2.75) is 38.3 Å². The number of morpholine rings is 1. The van der Waals surface area contributed by atoms with E-state index in [2.05, 4.69) is 0 Å². The zero-order chi connectivity index (χ0) is 13.8. The van der Waals surface area contributed by atoms with Gasteiger partial charge < -0.3 is 19.5 Å². The van der Waals surface area contributed by atoms with Crippen molar-refractivity contribution in [3.05, 3.63) is 0 Å². The van der Waals surface area contributed by atoms with E-state index in [-0.39, 0.29) is 31.4 Å². The minimum absolute atomic E-state index is 0.0842. The molecule has 1 saturated heterocycles. The van der Waals surface area contributed by atoms with Crippen LogP contribution >= 0.6 is 0 Å². The van der Waals surface area contributed by atoms with Crippen molar-refractivity contribution >= 4 is 11.9 Å². The first-order chi connectivity index (χ1) is 8.35. The fourth-order valence-electron chi connectivity index (χ4n) is 1.89. The average Bonchev–Trinajstić information content (AvgIpc) is 2.28. The van der Waals surface area contributed by atoms with Gasteiger partial charge in [0.15, 0.2) is 0 Å². The van der Waals surface area contributed by atoms with Crippen LogP contribution in [0.25, 0.3) is 0 Å². The van der Waals surface area contributed by atoms with Gasteiger partial charge in [0.05, 0.1) is 37.7 Å². The summed E-state index contributed by atoms with van der Waals surface area (Å²) < 4.78 is 10.5. The van der Waals surface area contributed by atoms with Gasteiger partial charge in [0.1, 0.15) is 0 Å². The van der Waals surface area contributed by atoms with E-state index in [1.165, 1.54) is 0 Å². The number of carboxylic acid groups (broad SMARTS) is 1. The molecule has 1 aliphatic rings. The van der Waals surface area contributed by atoms with Crippen molar-refractivity contribution in [3.8, 4) is 0 Å². The molecule has 18 heavy (non-hydrogen) atoms. The van der Waals surface area contributed by atoms with Crippen LogP contribution in [0.2, 0.25) is 0 Å². The van der Waals surface area contributed by atoms with Crippen molar-refractivity contribution in [1.82, 2.24) is 4.90 Å². The molecule has 0 aromatic rings. The normalized spacial score (nSPS) is 20.8. The Bertz CT molecular complexity index is 316. The zero-order valence-corrected chi connectivity index (χ0v) is 11.1. The molecule has 0 aliphatic carbocycles. The van der Waals surface area contributed by atoms with Crippen LogP contribution < -0.4 is 0 Å². The predicted octanol–water partition coefficient (Wildman–Crippen LogP) is 0.504. The number of ether oxygens (including phenoxy) is 2. The number of aliphatic carboxylic acids is 1. The summed E-state index contributed by atoms with van der Waals surface area (Å²) in [6, 6.07) is -0.378. The molecule has 1 heterocycles. The second kappa shape index (κ2) is 6.15. The fourth-order valence-corrected chi connectivity index (χ4v) is 1.89. The van der Waals surface area contributed by atoms with Gasteiger partial charge in [0.2, 0.25) is 5.91 Å². The molecule has 104 valence electrons. The lowest BCUT2D eigenvalue weighted by Gasteiger charge is -2.36. The number of nitrogens with zero attached hydrogens (tertiary/aromatic N) is 1. The summed E-state index contributed by atoms with van der Waals surface area (Å²) in [6.45, 7) is 4.84. The van der Waals surface area contributed by atoms with Gasteiger partial charge in [-0.1, -0.05) is 0 Å². The van der Waals surface area contributed by atoms with Gasteiger partial charge in [-0.3, -0.25) is 9.59 Å². The number of carboxylic acids is 1. The lowest BCUT2D eigenvalue weighted by molar-refractivity contribution is -0.149. The second-order valence-electron chi connectivity index (χ2n) is 5.05. The molecule has 1 rings (SSSR count). The molecule has 1 N–H and O–H groups in total. The van der Waals surface area contributed by atoms with E-state index in [1.807, 2.05) is 13.8 Å². The largest absolute Gasteiger partial charge is 0.481 e. The summed E-state index contributed by atoms with van der Waals surface area (Å²) >= 11 is 0. The minimum atomic E-state index is -0.922. The van der Waals surface area contributed by atoms with Crippen molar-refractivity contribution in [2.24, 2.45) is 0 Å². The Labute approximate surface area is 107 Å². The van der Waals surface area contributed by atoms with Gasteiger partial charge in [-0.25, -0.2) is 0 Å². The molecule has 1 aliphatic heterocycles. The standard InChI is InChI=1S/C12H21NO5/c1-12(2,17-3)7-10(14)13-4-5-18-8-9(13)6-11(15)16/h9H,4-8H2,1-3H3,(H,15,16). The van der Waals surface area contributed by atoms with Crippen LogP contribution in [-0.4, -0.2) is 60.4 Å². The van der Waals surface area contributed by atoms with Crippen LogP contribution in [0.15, 0.2) is 0 Å². The maximum atomic E-state index is 12.2. The summed E-state index contributed by atoms with van der Waals surface area (Å²) in [6.07, 6.45) is 0.152. The molecule has 1 amide bonds. The van der Waals surface area contributed by atoms with E-state index < -0.39 is 11.6 Å². The van der Waals surface area contributed by atoms with Crippen molar-refractivity contribution in [1.29, 1.82) is 0 Å². The first-order valence-electron chi connectivity index (χ1n) is 6.00. The Morgan fingerprint density at radius 3 is 2.72 bits per heavy atom. The summed E-state index contributed by atoms with van der Waals surface area (Å²) in [4.78, 5) is 24.5. The number of carbonyl (C=O) groups is 2. The molecule has 0 aromatic heterocycles. The Hall–Kier alpha value is -1.14. The molecule has 0 aromatic carbocycles. The number of carbonyl (C=O) groups excluding carboxylic acids is 1.